The van der Waals surface area contributed by atoms with Gasteiger partial charge in [-0.3, -0.25) is 4.55 Å². The highest BCUT2D eigenvalue weighted by Crippen LogP contribution is 2.32. The molecule has 0 saturated carbocycles. The maximum atomic E-state index is 10.7. The maximum absolute atomic E-state index is 10.7. The summed E-state index contributed by atoms with van der Waals surface area (Å²) in [6.45, 7) is 1.06. The topological polar surface area (TPSA) is 63.3 Å². The van der Waals surface area contributed by atoms with E-state index in [0.29, 0.717) is 0 Å². The Kier molecular flexibility index (Phi) is 7.61. The molecule has 11 heteroatoms. The Bertz CT molecular complexity index is 2110. The lowest BCUT2D eigenvalue weighted by atomic mass is 9.92. The van der Waals surface area contributed by atoms with Crippen LogP contribution in [-0.4, -0.2) is 35.8 Å². The van der Waals surface area contributed by atoms with Crippen LogP contribution in [0.3, 0.4) is 0 Å². The van der Waals surface area contributed by atoms with E-state index in [-0.39, 0.29) is 0 Å². The van der Waals surface area contributed by atoms with Gasteiger partial charge in [-0.1, -0.05) is 24.3 Å². The van der Waals surface area contributed by atoms with E-state index in [0.717, 1.165) is 25.8 Å². The van der Waals surface area contributed by atoms with Crippen molar-refractivity contribution in [1.29, 1.82) is 0 Å². The van der Waals surface area contributed by atoms with Crippen LogP contribution in [0.4, 0.5) is 13.2 Å². The fraction of sp³-hybridized carbons (Fsp3) is 0.161. The van der Waals surface area contributed by atoms with Gasteiger partial charge >= 0.3 is 15.6 Å². The minimum absolute atomic E-state index is 0.968. The quantitative estimate of drug-likeness (QED) is 0.178. The second-order valence-electron chi connectivity index (χ2n) is 9.90. The standard InChI is InChI=1S/C30H24N2S2.CHF3O3S/c1-2-15-31-17-13-22-7-8-23-14-18-32-16-12-21(20-26(32)30(23)29(22)25(31)4-1)6-9-24-10-11-28(34-24)27-5-3-19-33-27;2-1(3,4)8(5,6)7/h1-12,15-17,19H,13-14,18,20H2;(H,5,6,7)/q+2;/b9-6+;. The van der Waals surface area contributed by atoms with Gasteiger partial charge in [0.25, 0.3) is 0 Å². The molecule has 7 rings (SSSR count). The molecule has 42 heavy (non-hydrogen) atoms. The summed E-state index contributed by atoms with van der Waals surface area (Å²) in [5.74, 6) is 0. The van der Waals surface area contributed by atoms with Crippen molar-refractivity contribution in [3.05, 3.63) is 122 Å². The number of fused-ring (bicyclic) bond motifs is 5. The molecule has 3 aliphatic heterocycles. The molecule has 3 aromatic heterocycles. The minimum Gasteiger partial charge on any atom is -0.279 e. The Morgan fingerprint density at radius 1 is 0.929 bits per heavy atom. The normalized spacial score (nSPS) is 15.8. The molecule has 5 nitrogen and oxygen atoms in total. The van der Waals surface area contributed by atoms with Crippen LogP contribution < -0.4 is 9.46 Å². The van der Waals surface area contributed by atoms with Crippen molar-refractivity contribution in [2.75, 3.05) is 6.54 Å². The summed E-state index contributed by atoms with van der Waals surface area (Å²) < 4.78 is 62.3. The van der Waals surface area contributed by atoms with E-state index in [4.69, 9.17) is 13.0 Å². The van der Waals surface area contributed by atoms with E-state index in [1.807, 2.05) is 11.3 Å². The zero-order chi connectivity index (χ0) is 29.5. The van der Waals surface area contributed by atoms with Crippen LogP contribution in [0, 0.1) is 16.8 Å². The second-order valence-corrected chi connectivity index (χ2v) is 13.4. The largest absolute Gasteiger partial charge is 0.522 e. The average molecular weight is 627 g/mol. The Labute approximate surface area is 247 Å². The van der Waals surface area contributed by atoms with E-state index < -0.39 is 15.6 Å². The summed E-state index contributed by atoms with van der Waals surface area (Å²) in [7, 11) is -5.84. The van der Waals surface area contributed by atoms with Gasteiger partial charge in [-0.25, -0.2) is 4.58 Å². The summed E-state index contributed by atoms with van der Waals surface area (Å²) in [4.78, 5) is 4.00. The van der Waals surface area contributed by atoms with Crippen molar-refractivity contribution in [1.82, 2.24) is 0 Å². The first kappa shape index (κ1) is 28.5. The fourth-order valence-electron chi connectivity index (χ4n) is 5.32. The predicted molar refractivity (Wildman–Crippen MR) is 159 cm³/mol. The van der Waals surface area contributed by atoms with Gasteiger partial charge in [0.2, 0.25) is 5.35 Å². The van der Waals surface area contributed by atoms with E-state index in [1.54, 1.807) is 11.3 Å². The van der Waals surface area contributed by atoms with Crippen LogP contribution >= 0.6 is 22.7 Å². The first-order valence-corrected chi connectivity index (χ1v) is 16.2. The van der Waals surface area contributed by atoms with Crippen molar-refractivity contribution < 1.29 is 35.0 Å². The van der Waals surface area contributed by atoms with Gasteiger partial charge in [0.1, 0.15) is 0 Å². The highest BCUT2D eigenvalue weighted by atomic mass is 32.2. The van der Waals surface area contributed by atoms with Crippen LogP contribution in [0.5, 0.6) is 0 Å². The monoisotopic (exact) mass is 626 g/mol. The lowest BCUT2D eigenvalue weighted by molar-refractivity contribution is -0.523. The Morgan fingerprint density at radius 2 is 1.74 bits per heavy atom. The highest BCUT2D eigenvalue weighted by Gasteiger charge is 2.44. The van der Waals surface area contributed by atoms with Crippen LogP contribution in [0.1, 0.15) is 22.4 Å². The molecule has 0 saturated heterocycles. The molecule has 3 aliphatic rings. The number of alkyl halides is 3. The molecule has 0 atom stereocenters. The van der Waals surface area contributed by atoms with Gasteiger partial charge in [0, 0.05) is 39.3 Å². The van der Waals surface area contributed by atoms with Gasteiger partial charge in [-0.15, -0.1) is 22.7 Å². The first-order chi connectivity index (χ1) is 20.1. The second kappa shape index (κ2) is 11.2. The molecule has 0 radical (unpaired) electrons. The zero-order valence-electron chi connectivity index (χ0n) is 22.1. The van der Waals surface area contributed by atoms with Crippen molar-refractivity contribution in [2.24, 2.45) is 0 Å². The SMILES string of the molecule is C1=C(/C=C/c2ccc(-c3cccs3)s2)CC2=c3c(ccc4c3=c3cccc[n+]3=CC4)CC[N+]2=C1.O=S(=O)(O)C(F)(F)F. The van der Waals surface area contributed by atoms with E-state index in [1.165, 1.54) is 52.8 Å². The molecule has 4 aromatic rings. The van der Waals surface area contributed by atoms with Gasteiger partial charge in [0.15, 0.2) is 30.9 Å². The van der Waals surface area contributed by atoms with Crippen molar-refractivity contribution in [3.63, 3.8) is 0 Å². The lowest BCUT2D eigenvalue weighted by Crippen LogP contribution is -2.35. The lowest BCUT2D eigenvalue weighted by Gasteiger charge is -2.18. The molecule has 6 heterocycles. The summed E-state index contributed by atoms with van der Waals surface area (Å²) in [6, 6.07) is 20.1. The van der Waals surface area contributed by atoms with Gasteiger partial charge in [-0.05, 0) is 52.4 Å². The number of benzene rings is 1. The number of aromatic nitrogens is 1. The number of rotatable bonds is 3. The van der Waals surface area contributed by atoms with Crippen LogP contribution in [0.2, 0.25) is 0 Å². The first-order valence-electron chi connectivity index (χ1n) is 13.1. The van der Waals surface area contributed by atoms with Crippen LogP contribution in [0.15, 0.2) is 83.9 Å². The minimum atomic E-state index is -5.84. The Hall–Kier alpha value is -3.64. The van der Waals surface area contributed by atoms with Gasteiger partial charge in [0.05, 0.1) is 23.3 Å². The summed E-state index contributed by atoms with van der Waals surface area (Å²) in [6.07, 6.45) is 16.7. The number of halogens is 3. The van der Waals surface area contributed by atoms with Crippen LogP contribution in [-0.2, 0) is 23.0 Å². The molecule has 214 valence electrons. The molecule has 0 aliphatic carbocycles. The maximum Gasteiger partial charge on any atom is 0.522 e. The summed E-state index contributed by atoms with van der Waals surface area (Å²) in [5.41, 5.74) is 0.201. The molecule has 1 N–H and O–H groups in total. The number of pyridine rings is 1. The third-order valence-electron chi connectivity index (χ3n) is 7.27. The Morgan fingerprint density at radius 3 is 2.50 bits per heavy atom. The molecular weight excluding hydrogens is 602 g/mol. The fourth-order valence-corrected chi connectivity index (χ4v) is 7.07. The average Bonchev–Trinajstić information content (AvgIpc) is 3.67. The molecule has 0 unspecified atom stereocenters. The molecule has 0 spiro atoms. The molecule has 0 amide bonds. The molecule has 0 fully saturated rings. The van der Waals surface area contributed by atoms with Crippen molar-refractivity contribution >= 4 is 50.8 Å². The van der Waals surface area contributed by atoms with Gasteiger partial charge < -0.3 is 0 Å². The van der Waals surface area contributed by atoms with E-state index in [9.17, 15) is 13.2 Å². The third kappa shape index (κ3) is 5.69. The number of thiophene rings is 2. The van der Waals surface area contributed by atoms with E-state index in [2.05, 4.69) is 106 Å². The number of hydrogen-bond donors (Lipinski definition) is 1. The van der Waals surface area contributed by atoms with Gasteiger partial charge in [-0.2, -0.15) is 25.8 Å². The summed E-state index contributed by atoms with van der Waals surface area (Å²) in [5, 5.41) is 6.34. The van der Waals surface area contributed by atoms with E-state index >= 15 is 0 Å². The molecule has 0 bridgehead atoms. The molecule has 1 aromatic carbocycles. The number of hydrogen-bond acceptors (Lipinski definition) is 4. The summed E-state index contributed by atoms with van der Waals surface area (Å²) >= 11 is 3.67. The van der Waals surface area contributed by atoms with Crippen molar-refractivity contribution in [3.8, 4) is 9.75 Å². The molecular formula is C31H25F3N2O3S3+2. The number of nitrogens with zero attached hydrogens (tertiary/aromatic N) is 2. The smallest absolute Gasteiger partial charge is 0.279 e. The predicted octanol–water partition coefficient (Wildman–Crippen LogP) is 5.80. The zero-order valence-corrected chi connectivity index (χ0v) is 24.5. The van der Waals surface area contributed by atoms with Crippen molar-refractivity contribution in [2.45, 2.75) is 24.8 Å². The Balaban J connectivity index is 0.000000350. The number of allylic oxidation sites excluding steroid dienone is 2. The highest BCUT2D eigenvalue weighted by molar-refractivity contribution is 7.86. The third-order valence-corrected chi connectivity index (χ3v) is 9.98. The van der Waals surface area contributed by atoms with Crippen LogP contribution in [0.25, 0.3) is 21.5 Å².